The molecule has 0 saturated carbocycles. The van der Waals surface area contributed by atoms with E-state index in [1.165, 1.54) is 12.1 Å². The van der Waals surface area contributed by atoms with Crippen LogP contribution in [-0.4, -0.2) is 28.3 Å². The van der Waals surface area contributed by atoms with Crippen LogP contribution in [0.5, 0.6) is 5.75 Å². The monoisotopic (exact) mass is 416 g/mol. The molecule has 0 aliphatic carbocycles. The first-order chi connectivity index (χ1) is 15.0. The summed E-state index contributed by atoms with van der Waals surface area (Å²) in [6.07, 6.45) is 3.25. The average Bonchev–Trinajstić information content (AvgIpc) is 3.05. The van der Waals surface area contributed by atoms with Crippen LogP contribution in [0, 0.1) is 19.7 Å². The summed E-state index contributed by atoms with van der Waals surface area (Å²) in [4.78, 5) is 16.4. The van der Waals surface area contributed by atoms with Gasteiger partial charge in [0.05, 0.1) is 6.21 Å². The van der Waals surface area contributed by atoms with Gasteiger partial charge in [0, 0.05) is 34.2 Å². The highest BCUT2D eigenvalue weighted by Crippen LogP contribution is 2.23. The van der Waals surface area contributed by atoms with Crippen LogP contribution in [0.2, 0.25) is 0 Å². The molecule has 4 rings (SSSR count). The number of halogens is 1. The van der Waals surface area contributed by atoms with Gasteiger partial charge in [0.25, 0.3) is 5.91 Å². The highest BCUT2D eigenvalue weighted by molar-refractivity contribution is 5.86. The van der Waals surface area contributed by atoms with Gasteiger partial charge in [-0.05, 0) is 50.2 Å². The molecule has 1 amide bonds. The molecule has 6 nitrogen and oxygen atoms in total. The molecular weight excluding hydrogens is 395 g/mol. The average molecular weight is 416 g/mol. The molecule has 0 saturated heterocycles. The van der Waals surface area contributed by atoms with Crippen LogP contribution in [0.15, 0.2) is 72.0 Å². The number of aryl methyl sites for hydroxylation is 1. The zero-order chi connectivity index (χ0) is 21.8. The second-order valence-corrected chi connectivity index (χ2v) is 7.05. The maximum Gasteiger partial charge on any atom is 0.277 e. The molecule has 0 unspecified atom stereocenters. The molecule has 1 N–H and O–H groups in total. The zero-order valence-electron chi connectivity index (χ0n) is 17.2. The number of fused-ring (bicyclic) bond motifs is 1. The Morgan fingerprint density at radius 2 is 1.97 bits per heavy atom. The number of carbonyl (C=O) groups is 1. The van der Waals surface area contributed by atoms with Gasteiger partial charge in [-0.25, -0.2) is 9.82 Å². The van der Waals surface area contributed by atoms with Crippen LogP contribution >= 0.6 is 0 Å². The Labute approximate surface area is 179 Å². The minimum atomic E-state index is -0.386. The van der Waals surface area contributed by atoms with Gasteiger partial charge in [-0.15, -0.1) is 0 Å². The summed E-state index contributed by atoms with van der Waals surface area (Å²) >= 11 is 0. The van der Waals surface area contributed by atoms with Crippen molar-refractivity contribution >= 4 is 23.0 Å². The number of nitrogens with one attached hydrogen (secondary N) is 1. The van der Waals surface area contributed by atoms with Crippen molar-refractivity contribution in [2.75, 3.05) is 6.61 Å². The molecule has 7 heteroatoms. The van der Waals surface area contributed by atoms with Gasteiger partial charge >= 0.3 is 0 Å². The topological polar surface area (TPSA) is 68.5 Å². The number of carbonyl (C=O) groups excluding carboxylic acids is 1. The predicted molar refractivity (Wildman–Crippen MR) is 118 cm³/mol. The minimum absolute atomic E-state index is 0.185. The van der Waals surface area contributed by atoms with E-state index in [1.807, 2.05) is 54.8 Å². The SMILES string of the molecule is Cc1cc(/C=N\NC(=O)COc2cccc3cccnc23)c(C)n1-c1cccc(F)c1. The number of hydrogen-bond donors (Lipinski definition) is 1. The molecule has 0 aliphatic heterocycles. The lowest BCUT2D eigenvalue weighted by atomic mass is 10.2. The first-order valence-corrected chi connectivity index (χ1v) is 9.76. The second kappa shape index (κ2) is 8.79. The van der Waals surface area contributed by atoms with Crippen molar-refractivity contribution < 1.29 is 13.9 Å². The smallest absolute Gasteiger partial charge is 0.277 e. The quantitative estimate of drug-likeness (QED) is 0.376. The molecule has 156 valence electrons. The highest BCUT2D eigenvalue weighted by atomic mass is 19.1. The highest BCUT2D eigenvalue weighted by Gasteiger charge is 2.10. The van der Waals surface area contributed by atoms with Crippen molar-refractivity contribution in [2.24, 2.45) is 5.10 Å². The molecule has 0 spiro atoms. The van der Waals surface area contributed by atoms with E-state index < -0.39 is 0 Å². The van der Waals surface area contributed by atoms with Crippen molar-refractivity contribution in [2.45, 2.75) is 13.8 Å². The van der Waals surface area contributed by atoms with E-state index in [-0.39, 0.29) is 18.3 Å². The van der Waals surface area contributed by atoms with Crippen LogP contribution in [0.25, 0.3) is 16.6 Å². The standard InChI is InChI=1S/C24H21FN4O2/c1-16-12-19(17(2)29(16)21-9-4-8-20(25)13-21)14-27-28-23(30)15-31-22-10-3-6-18-7-5-11-26-24(18)22/h3-14H,15H2,1-2H3,(H,28,30)/b27-14-. The molecule has 4 aromatic rings. The lowest BCUT2D eigenvalue weighted by Crippen LogP contribution is -2.24. The Balaban J connectivity index is 1.41. The Kier molecular flexibility index (Phi) is 5.75. The number of hydrazone groups is 1. The number of ether oxygens (including phenoxy) is 1. The number of nitrogens with zero attached hydrogens (tertiary/aromatic N) is 3. The maximum atomic E-state index is 13.6. The Hall–Kier alpha value is -4.00. The van der Waals surface area contributed by atoms with Gasteiger partial charge in [0.1, 0.15) is 17.1 Å². The van der Waals surface area contributed by atoms with E-state index in [0.717, 1.165) is 28.0 Å². The van der Waals surface area contributed by atoms with E-state index in [2.05, 4.69) is 15.5 Å². The fourth-order valence-corrected chi connectivity index (χ4v) is 3.47. The third kappa shape index (κ3) is 4.45. The summed E-state index contributed by atoms with van der Waals surface area (Å²) in [7, 11) is 0. The lowest BCUT2D eigenvalue weighted by Gasteiger charge is -2.09. The first kappa shape index (κ1) is 20.3. The van der Waals surface area contributed by atoms with Gasteiger partial charge < -0.3 is 9.30 Å². The summed E-state index contributed by atoms with van der Waals surface area (Å²) in [6, 6.07) is 17.6. The van der Waals surface area contributed by atoms with E-state index in [4.69, 9.17) is 4.74 Å². The molecule has 0 aliphatic rings. The number of para-hydroxylation sites is 1. The number of rotatable bonds is 6. The number of amides is 1. The second-order valence-electron chi connectivity index (χ2n) is 7.05. The fourth-order valence-electron chi connectivity index (χ4n) is 3.47. The van der Waals surface area contributed by atoms with Crippen molar-refractivity contribution in [3.63, 3.8) is 0 Å². The van der Waals surface area contributed by atoms with Crippen LogP contribution in [0.4, 0.5) is 4.39 Å². The van der Waals surface area contributed by atoms with Crippen LogP contribution in [0.1, 0.15) is 17.0 Å². The largest absolute Gasteiger partial charge is 0.481 e. The zero-order valence-corrected chi connectivity index (χ0v) is 17.2. The molecule has 0 bridgehead atoms. The van der Waals surface area contributed by atoms with Gasteiger partial charge in [0.15, 0.2) is 6.61 Å². The minimum Gasteiger partial charge on any atom is -0.481 e. The summed E-state index contributed by atoms with van der Waals surface area (Å²) in [5.41, 5.74) is 6.54. The summed E-state index contributed by atoms with van der Waals surface area (Å²) in [5, 5.41) is 4.97. The Morgan fingerprint density at radius 3 is 2.81 bits per heavy atom. The summed E-state index contributed by atoms with van der Waals surface area (Å²) < 4.78 is 21.1. The van der Waals surface area contributed by atoms with Crippen molar-refractivity contribution in [1.82, 2.24) is 15.0 Å². The van der Waals surface area contributed by atoms with Gasteiger partial charge in [0.2, 0.25) is 0 Å². The summed E-state index contributed by atoms with van der Waals surface area (Å²) in [6.45, 7) is 3.66. The van der Waals surface area contributed by atoms with Crippen molar-refractivity contribution in [3.8, 4) is 11.4 Å². The van der Waals surface area contributed by atoms with Crippen LogP contribution < -0.4 is 10.2 Å². The normalized spacial score (nSPS) is 11.2. The number of benzene rings is 2. The number of pyridine rings is 1. The third-order valence-electron chi connectivity index (χ3n) is 4.88. The third-order valence-corrected chi connectivity index (χ3v) is 4.88. The molecule has 0 atom stereocenters. The van der Waals surface area contributed by atoms with Gasteiger partial charge in [-0.3, -0.25) is 9.78 Å². The van der Waals surface area contributed by atoms with Gasteiger partial charge in [-0.1, -0.05) is 24.3 Å². The van der Waals surface area contributed by atoms with Crippen molar-refractivity contribution in [3.05, 3.63) is 89.6 Å². The summed E-state index contributed by atoms with van der Waals surface area (Å²) in [5.74, 6) is -0.145. The van der Waals surface area contributed by atoms with Crippen molar-refractivity contribution in [1.29, 1.82) is 0 Å². The number of hydrogen-bond acceptors (Lipinski definition) is 4. The predicted octanol–water partition coefficient (Wildman–Crippen LogP) is 4.31. The molecule has 0 fully saturated rings. The van der Waals surface area contributed by atoms with E-state index in [1.54, 1.807) is 24.5 Å². The molecule has 2 aromatic heterocycles. The maximum absolute atomic E-state index is 13.6. The van der Waals surface area contributed by atoms with Crippen LogP contribution in [0.3, 0.4) is 0 Å². The molecular formula is C24H21FN4O2. The van der Waals surface area contributed by atoms with E-state index in [9.17, 15) is 9.18 Å². The molecule has 2 aromatic carbocycles. The Morgan fingerprint density at radius 1 is 1.16 bits per heavy atom. The first-order valence-electron chi connectivity index (χ1n) is 9.76. The van der Waals surface area contributed by atoms with Gasteiger partial charge in [-0.2, -0.15) is 5.10 Å². The fraction of sp³-hybridized carbons (Fsp3) is 0.125. The van der Waals surface area contributed by atoms with E-state index in [0.29, 0.717) is 11.3 Å². The molecule has 31 heavy (non-hydrogen) atoms. The lowest BCUT2D eigenvalue weighted by molar-refractivity contribution is -0.123. The number of aromatic nitrogens is 2. The van der Waals surface area contributed by atoms with E-state index >= 15 is 0 Å². The molecule has 2 heterocycles. The molecule has 0 radical (unpaired) electrons. The Bertz CT molecular complexity index is 1270. The van der Waals surface area contributed by atoms with Crippen LogP contribution in [-0.2, 0) is 4.79 Å².